The van der Waals surface area contributed by atoms with Gasteiger partial charge in [0.1, 0.15) is 0 Å². The zero-order valence-electron chi connectivity index (χ0n) is 11.4. The lowest BCUT2D eigenvalue weighted by molar-refractivity contribution is -0.143. The predicted molar refractivity (Wildman–Crippen MR) is 84.6 cm³/mol. The van der Waals surface area contributed by atoms with Gasteiger partial charge in [0.2, 0.25) is 0 Å². The molecule has 0 saturated heterocycles. The van der Waals surface area contributed by atoms with E-state index in [1.807, 2.05) is 0 Å². The summed E-state index contributed by atoms with van der Waals surface area (Å²) in [4.78, 5) is 22.6. The third-order valence-electron chi connectivity index (χ3n) is 4.00. The molecule has 1 fully saturated rings. The number of carboxylic acid groups (broad SMARTS) is 2. The molecule has 0 heterocycles. The number of carboxylic acids is 2. The van der Waals surface area contributed by atoms with E-state index in [4.69, 9.17) is 0 Å². The average Bonchev–Trinajstić information content (AvgIpc) is 2.36. The van der Waals surface area contributed by atoms with E-state index in [1.54, 1.807) is 0 Å². The Hall–Kier alpha value is -0.100. The normalized spacial score (nSPS) is 33.7. The van der Waals surface area contributed by atoms with Crippen LogP contribution in [-0.2, 0) is 9.59 Å². The number of carbonyl (C=O) groups is 2. The lowest BCUT2D eigenvalue weighted by atomic mass is 9.89. The lowest BCUT2D eigenvalue weighted by Crippen LogP contribution is -2.26. The molecule has 4 nitrogen and oxygen atoms in total. The van der Waals surface area contributed by atoms with Crippen molar-refractivity contribution in [2.45, 2.75) is 61.0 Å². The van der Waals surface area contributed by atoms with Crippen molar-refractivity contribution in [2.75, 3.05) is 0 Å². The SMILES string of the molecule is O=C(O)C1CCCCC(C(=O)O)C(Br)CCCCC1Br. The molecular formula is C14H22Br2O4. The van der Waals surface area contributed by atoms with Crippen molar-refractivity contribution in [3.05, 3.63) is 0 Å². The number of hydrogen-bond acceptors (Lipinski definition) is 2. The molecule has 1 aliphatic rings. The van der Waals surface area contributed by atoms with Crippen molar-refractivity contribution in [2.24, 2.45) is 11.8 Å². The van der Waals surface area contributed by atoms with E-state index in [0.29, 0.717) is 12.8 Å². The van der Waals surface area contributed by atoms with Crippen molar-refractivity contribution in [3.63, 3.8) is 0 Å². The van der Waals surface area contributed by atoms with Crippen LogP contribution in [0.4, 0.5) is 0 Å². The summed E-state index contributed by atoms with van der Waals surface area (Å²) < 4.78 is 0. The Balaban J connectivity index is 2.65. The third-order valence-corrected chi connectivity index (χ3v) is 6.19. The van der Waals surface area contributed by atoms with Crippen molar-refractivity contribution in [3.8, 4) is 0 Å². The van der Waals surface area contributed by atoms with Crippen molar-refractivity contribution < 1.29 is 19.8 Å². The molecule has 1 aliphatic carbocycles. The molecule has 6 heteroatoms. The summed E-state index contributed by atoms with van der Waals surface area (Å²) in [6.07, 6.45) is 6.27. The fraction of sp³-hybridized carbons (Fsp3) is 0.857. The van der Waals surface area contributed by atoms with Gasteiger partial charge in [-0.05, 0) is 25.7 Å². The second-order valence-corrected chi connectivity index (χ2v) is 7.84. The number of hydrogen-bond donors (Lipinski definition) is 2. The fourth-order valence-electron chi connectivity index (χ4n) is 2.73. The standard InChI is InChI=1S/C14H22Br2O4/c15-11-7-3-4-8-12(16)10(14(19)20)6-2-1-5-9(11)13(17)18/h9-12H,1-8H2,(H,17,18)(H,19,20). The molecule has 0 aromatic rings. The minimum Gasteiger partial charge on any atom is -0.481 e. The molecule has 2 N–H and O–H groups in total. The topological polar surface area (TPSA) is 74.6 Å². The Labute approximate surface area is 136 Å². The first kappa shape index (κ1) is 18.0. The van der Waals surface area contributed by atoms with Gasteiger partial charge in [0.25, 0.3) is 0 Å². The quantitative estimate of drug-likeness (QED) is 0.669. The summed E-state index contributed by atoms with van der Waals surface area (Å²) in [5, 5.41) is 18.5. The van der Waals surface area contributed by atoms with Crippen molar-refractivity contribution in [1.29, 1.82) is 0 Å². The van der Waals surface area contributed by atoms with Crippen LogP contribution >= 0.6 is 31.9 Å². The molecule has 1 saturated carbocycles. The number of aliphatic carboxylic acids is 2. The van der Waals surface area contributed by atoms with Crippen LogP contribution in [0, 0.1) is 11.8 Å². The molecule has 4 atom stereocenters. The van der Waals surface area contributed by atoms with Crippen LogP contribution in [-0.4, -0.2) is 31.8 Å². The number of rotatable bonds is 2. The molecule has 0 aromatic carbocycles. The second-order valence-electron chi connectivity index (χ2n) is 5.49. The van der Waals surface area contributed by atoms with E-state index in [2.05, 4.69) is 31.9 Å². The van der Waals surface area contributed by atoms with Gasteiger partial charge in [0.15, 0.2) is 0 Å². The summed E-state index contributed by atoms with van der Waals surface area (Å²) >= 11 is 7.02. The molecule has 0 amide bonds. The highest BCUT2D eigenvalue weighted by Crippen LogP contribution is 2.30. The molecule has 0 aliphatic heterocycles. The largest absolute Gasteiger partial charge is 0.481 e. The first-order chi connectivity index (χ1) is 9.43. The van der Waals surface area contributed by atoms with Gasteiger partial charge in [-0.1, -0.05) is 57.5 Å². The predicted octanol–water partition coefficient (Wildman–Crippen LogP) is 4.05. The average molecular weight is 414 g/mol. The Morgan fingerprint density at radius 1 is 0.700 bits per heavy atom. The molecule has 0 radical (unpaired) electrons. The lowest BCUT2D eigenvalue weighted by Gasteiger charge is -2.23. The molecule has 1 rings (SSSR count). The van der Waals surface area contributed by atoms with Gasteiger partial charge in [-0.2, -0.15) is 0 Å². The Morgan fingerprint density at radius 2 is 1.00 bits per heavy atom. The van der Waals surface area contributed by atoms with Crippen LogP contribution in [0.5, 0.6) is 0 Å². The molecule has 4 unspecified atom stereocenters. The maximum absolute atomic E-state index is 11.3. The molecule has 0 spiro atoms. The maximum Gasteiger partial charge on any atom is 0.307 e. The highest BCUT2D eigenvalue weighted by molar-refractivity contribution is 9.09. The van der Waals surface area contributed by atoms with Gasteiger partial charge in [-0.15, -0.1) is 0 Å². The zero-order chi connectivity index (χ0) is 15.1. The first-order valence-corrected chi connectivity index (χ1v) is 9.00. The molecule has 20 heavy (non-hydrogen) atoms. The zero-order valence-corrected chi connectivity index (χ0v) is 14.6. The maximum atomic E-state index is 11.3. The van der Waals surface area contributed by atoms with Crippen LogP contribution in [0.1, 0.15) is 51.4 Å². The minimum absolute atomic E-state index is 0.0171. The minimum atomic E-state index is -0.753. The fourth-order valence-corrected chi connectivity index (χ4v) is 4.36. The van der Waals surface area contributed by atoms with E-state index < -0.39 is 11.9 Å². The number of alkyl halides is 2. The van der Waals surface area contributed by atoms with Crippen LogP contribution in [0.3, 0.4) is 0 Å². The van der Waals surface area contributed by atoms with Crippen molar-refractivity contribution in [1.82, 2.24) is 0 Å². The summed E-state index contributed by atoms with van der Waals surface area (Å²) in [5.41, 5.74) is 0. The summed E-state index contributed by atoms with van der Waals surface area (Å²) in [5.74, 6) is -2.23. The van der Waals surface area contributed by atoms with Crippen LogP contribution in [0.25, 0.3) is 0 Å². The van der Waals surface area contributed by atoms with Crippen LogP contribution in [0.2, 0.25) is 0 Å². The van der Waals surface area contributed by atoms with Gasteiger partial charge in [-0.25, -0.2) is 0 Å². The molecule has 0 bridgehead atoms. The molecule has 116 valence electrons. The highest BCUT2D eigenvalue weighted by Gasteiger charge is 2.29. The van der Waals surface area contributed by atoms with Gasteiger partial charge >= 0.3 is 11.9 Å². The highest BCUT2D eigenvalue weighted by atomic mass is 79.9. The Kier molecular flexibility index (Phi) is 8.10. The summed E-state index contributed by atoms with van der Waals surface area (Å²) in [6.45, 7) is 0. The second kappa shape index (κ2) is 9.03. The van der Waals surface area contributed by atoms with Crippen molar-refractivity contribution >= 4 is 43.8 Å². The van der Waals surface area contributed by atoms with Gasteiger partial charge in [0.05, 0.1) is 11.8 Å². The van der Waals surface area contributed by atoms with Crippen LogP contribution < -0.4 is 0 Å². The smallest absolute Gasteiger partial charge is 0.307 e. The van der Waals surface area contributed by atoms with Gasteiger partial charge < -0.3 is 10.2 Å². The van der Waals surface area contributed by atoms with Crippen LogP contribution in [0.15, 0.2) is 0 Å². The Morgan fingerprint density at radius 3 is 1.30 bits per heavy atom. The van der Waals surface area contributed by atoms with E-state index in [1.165, 1.54) is 0 Å². The molecular weight excluding hydrogens is 392 g/mol. The number of halogens is 2. The van der Waals surface area contributed by atoms with Gasteiger partial charge in [-0.3, -0.25) is 9.59 Å². The summed E-state index contributed by atoms with van der Waals surface area (Å²) in [7, 11) is 0. The van der Waals surface area contributed by atoms with E-state index >= 15 is 0 Å². The molecule has 0 aromatic heterocycles. The monoisotopic (exact) mass is 412 g/mol. The van der Waals surface area contributed by atoms with E-state index in [-0.39, 0.29) is 21.5 Å². The van der Waals surface area contributed by atoms with E-state index in [0.717, 1.165) is 38.5 Å². The van der Waals surface area contributed by atoms with Gasteiger partial charge in [0, 0.05) is 9.65 Å². The third kappa shape index (κ3) is 5.72. The first-order valence-electron chi connectivity index (χ1n) is 7.17. The Bertz CT molecular complexity index is 303. The summed E-state index contributed by atoms with van der Waals surface area (Å²) in [6, 6.07) is 0. The van der Waals surface area contributed by atoms with E-state index in [9.17, 15) is 19.8 Å².